The fraction of sp³-hybridized carbons (Fsp3) is 0.481. The first-order valence-electron chi connectivity index (χ1n) is 11.5. The number of ether oxygens (including phenoxy) is 3. The van der Waals surface area contributed by atoms with E-state index in [4.69, 9.17) is 14.2 Å². The summed E-state index contributed by atoms with van der Waals surface area (Å²) < 4.78 is 17.2. The summed E-state index contributed by atoms with van der Waals surface area (Å²) in [5.41, 5.74) is 4.06. The van der Waals surface area contributed by atoms with Crippen LogP contribution in [-0.4, -0.2) is 38.8 Å². The number of benzene rings is 2. The Morgan fingerprint density at radius 1 is 1.06 bits per heavy atom. The van der Waals surface area contributed by atoms with E-state index in [0.717, 1.165) is 50.5 Å². The van der Waals surface area contributed by atoms with Gasteiger partial charge >= 0.3 is 0 Å². The lowest BCUT2D eigenvalue weighted by Crippen LogP contribution is -2.45. The minimum atomic E-state index is 0.448. The maximum absolute atomic E-state index is 6.05. The maximum Gasteiger partial charge on any atom is 0.161 e. The van der Waals surface area contributed by atoms with E-state index in [1.54, 1.807) is 14.2 Å². The van der Waals surface area contributed by atoms with Crippen LogP contribution in [0.1, 0.15) is 42.5 Å². The first-order chi connectivity index (χ1) is 15.2. The standard InChI is InChI=1S/C27H35NO3/c1-4-8-23-18-28-13-11-22-16-26(29-2)27(30-3)17-24(22)25(28)15-21(23)12-14-31-19-20-9-6-5-7-10-20/h4-10,16-17,21,23,25H,11-15,18-19H2,1-3H3/b8-4-/t21-,23-,25-/m0/s1. The predicted octanol–water partition coefficient (Wildman–Crippen LogP) is 5.42. The van der Waals surface area contributed by atoms with Crippen LogP contribution in [0.15, 0.2) is 54.6 Å². The van der Waals surface area contributed by atoms with Crippen LogP contribution < -0.4 is 9.47 Å². The van der Waals surface area contributed by atoms with Crippen molar-refractivity contribution in [2.24, 2.45) is 11.8 Å². The Morgan fingerprint density at radius 2 is 1.84 bits per heavy atom. The maximum atomic E-state index is 6.05. The molecule has 2 aliphatic rings. The summed E-state index contributed by atoms with van der Waals surface area (Å²) in [6, 6.07) is 15.3. The second-order valence-electron chi connectivity index (χ2n) is 8.68. The number of piperidine rings is 1. The third-order valence-electron chi connectivity index (χ3n) is 6.87. The highest BCUT2D eigenvalue weighted by atomic mass is 16.5. The Morgan fingerprint density at radius 3 is 2.58 bits per heavy atom. The van der Waals surface area contributed by atoms with Crippen molar-refractivity contribution in [3.63, 3.8) is 0 Å². The molecule has 0 bridgehead atoms. The molecule has 4 nitrogen and oxygen atoms in total. The van der Waals surface area contributed by atoms with Gasteiger partial charge in [-0.3, -0.25) is 4.90 Å². The Balaban J connectivity index is 1.46. The van der Waals surface area contributed by atoms with Gasteiger partial charge in [-0.05, 0) is 66.8 Å². The highest BCUT2D eigenvalue weighted by molar-refractivity contribution is 5.49. The lowest BCUT2D eigenvalue weighted by molar-refractivity contribution is 0.0435. The number of rotatable bonds is 8. The van der Waals surface area contributed by atoms with Gasteiger partial charge in [-0.2, -0.15) is 0 Å². The molecule has 0 spiro atoms. The number of fused-ring (bicyclic) bond motifs is 3. The van der Waals surface area contributed by atoms with Crippen LogP contribution in [0.3, 0.4) is 0 Å². The number of hydrogen-bond acceptors (Lipinski definition) is 4. The van der Waals surface area contributed by atoms with Gasteiger partial charge in [-0.25, -0.2) is 0 Å². The topological polar surface area (TPSA) is 30.9 Å². The minimum absolute atomic E-state index is 0.448. The molecule has 0 radical (unpaired) electrons. The summed E-state index contributed by atoms with van der Waals surface area (Å²) in [7, 11) is 3.44. The van der Waals surface area contributed by atoms with Crippen LogP contribution >= 0.6 is 0 Å². The molecular formula is C27H35NO3. The molecule has 0 aromatic heterocycles. The van der Waals surface area contributed by atoms with Crippen LogP contribution in [0.5, 0.6) is 11.5 Å². The van der Waals surface area contributed by atoms with Gasteiger partial charge in [0.05, 0.1) is 20.8 Å². The molecule has 0 aliphatic carbocycles. The normalized spacial score (nSPS) is 23.4. The van der Waals surface area contributed by atoms with Gasteiger partial charge in [0.2, 0.25) is 0 Å². The zero-order valence-corrected chi connectivity index (χ0v) is 19.0. The predicted molar refractivity (Wildman–Crippen MR) is 125 cm³/mol. The Kier molecular flexibility index (Phi) is 7.31. The molecule has 2 aliphatic heterocycles. The van der Waals surface area contributed by atoms with Crippen molar-refractivity contribution in [1.82, 2.24) is 4.90 Å². The molecule has 3 atom stereocenters. The number of methoxy groups -OCH3 is 2. The highest BCUT2D eigenvalue weighted by Crippen LogP contribution is 2.45. The number of nitrogens with zero attached hydrogens (tertiary/aromatic N) is 1. The van der Waals surface area contributed by atoms with Crippen molar-refractivity contribution in [1.29, 1.82) is 0 Å². The lowest BCUT2D eigenvalue weighted by atomic mass is 9.75. The first kappa shape index (κ1) is 21.9. The average Bonchev–Trinajstić information content (AvgIpc) is 2.81. The van der Waals surface area contributed by atoms with Gasteiger partial charge in [-0.1, -0.05) is 42.5 Å². The minimum Gasteiger partial charge on any atom is -0.493 e. The molecule has 4 heteroatoms. The molecule has 0 amide bonds. The largest absolute Gasteiger partial charge is 0.493 e. The lowest BCUT2D eigenvalue weighted by Gasteiger charge is -2.47. The van der Waals surface area contributed by atoms with Gasteiger partial charge in [0.25, 0.3) is 0 Å². The Hall–Kier alpha value is -2.30. The molecule has 4 rings (SSSR count). The molecule has 2 heterocycles. The average molecular weight is 422 g/mol. The summed E-state index contributed by atoms with van der Waals surface area (Å²) in [4.78, 5) is 2.67. The van der Waals surface area contributed by atoms with Gasteiger partial charge in [-0.15, -0.1) is 0 Å². The van der Waals surface area contributed by atoms with Gasteiger partial charge in [0.1, 0.15) is 0 Å². The van der Waals surface area contributed by atoms with Gasteiger partial charge < -0.3 is 14.2 Å². The molecule has 0 saturated carbocycles. The smallest absolute Gasteiger partial charge is 0.161 e. The summed E-state index contributed by atoms with van der Waals surface area (Å²) in [5, 5.41) is 0. The molecule has 0 N–H and O–H groups in total. The van der Waals surface area contributed by atoms with Crippen molar-refractivity contribution in [3.8, 4) is 11.5 Å². The molecule has 1 fully saturated rings. The van der Waals surface area contributed by atoms with Crippen molar-refractivity contribution >= 4 is 0 Å². The summed E-state index contributed by atoms with van der Waals surface area (Å²) in [5.74, 6) is 2.88. The molecule has 2 aromatic rings. The third kappa shape index (κ3) is 4.97. The van der Waals surface area contributed by atoms with E-state index in [2.05, 4.69) is 60.4 Å². The SMILES string of the molecule is C/C=C\[C@H]1CN2CCc3cc(OC)c(OC)cc3[C@@H]2C[C@@H]1CCOCc1ccccc1. The Labute approximate surface area is 186 Å². The van der Waals surface area contributed by atoms with E-state index < -0.39 is 0 Å². The van der Waals surface area contributed by atoms with E-state index in [0.29, 0.717) is 24.5 Å². The zero-order valence-electron chi connectivity index (χ0n) is 19.0. The second-order valence-corrected chi connectivity index (χ2v) is 8.68. The molecule has 0 unspecified atom stereocenters. The van der Waals surface area contributed by atoms with E-state index >= 15 is 0 Å². The first-order valence-corrected chi connectivity index (χ1v) is 11.5. The van der Waals surface area contributed by atoms with Crippen molar-refractivity contribution in [3.05, 3.63) is 71.3 Å². The van der Waals surface area contributed by atoms with Crippen LogP contribution in [0.25, 0.3) is 0 Å². The molecule has 166 valence electrons. The fourth-order valence-electron chi connectivity index (χ4n) is 5.25. The van der Waals surface area contributed by atoms with Gasteiger partial charge in [0, 0.05) is 25.7 Å². The molecular weight excluding hydrogens is 386 g/mol. The summed E-state index contributed by atoms with van der Waals surface area (Å²) in [6.07, 6.45) is 7.94. The number of allylic oxidation sites excluding steroid dienone is 1. The summed E-state index contributed by atoms with van der Waals surface area (Å²) in [6.45, 7) is 5.86. The van der Waals surface area contributed by atoms with Crippen LogP contribution in [-0.2, 0) is 17.8 Å². The van der Waals surface area contributed by atoms with Crippen LogP contribution in [0, 0.1) is 11.8 Å². The van der Waals surface area contributed by atoms with Gasteiger partial charge in [0.15, 0.2) is 11.5 Å². The number of hydrogen-bond donors (Lipinski definition) is 0. The Bertz CT molecular complexity index is 880. The van der Waals surface area contributed by atoms with E-state index in [-0.39, 0.29) is 0 Å². The monoisotopic (exact) mass is 421 g/mol. The van der Waals surface area contributed by atoms with Crippen molar-refractivity contribution < 1.29 is 14.2 Å². The molecule has 2 aromatic carbocycles. The van der Waals surface area contributed by atoms with Crippen molar-refractivity contribution in [2.75, 3.05) is 33.9 Å². The highest BCUT2D eigenvalue weighted by Gasteiger charge is 2.38. The van der Waals surface area contributed by atoms with Crippen molar-refractivity contribution in [2.45, 2.75) is 38.8 Å². The van der Waals surface area contributed by atoms with E-state index in [9.17, 15) is 0 Å². The fourth-order valence-corrected chi connectivity index (χ4v) is 5.25. The van der Waals surface area contributed by atoms with Crippen LogP contribution in [0.4, 0.5) is 0 Å². The van der Waals surface area contributed by atoms with E-state index in [1.807, 2.05) is 6.07 Å². The third-order valence-corrected chi connectivity index (χ3v) is 6.87. The van der Waals surface area contributed by atoms with E-state index in [1.165, 1.54) is 16.7 Å². The van der Waals surface area contributed by atoms with Crippen LogP contribution in [0.2, 0.25) is 0 Å². The molecule has 31 heavy (non-hydrogen) atoms. The second kappa shape index (κ2) is 10.3. The summed E-state index contributed by atoms with van der Waals surface area (Å²) >= 11 is 0. The quantitative estimate of drug-likeness (QED) is 0.421. The molecule has 1 saturated heterocycles. The zero-order chi connectivity index (χ0) is 21.6.